The normalized spacial score (nSPS) is 10.5. The highest BCUT2D eigenvalue weighted by atomic mass is 19.1. The van der Waals surface area contributed by atoms with Gasteiger partial charge in [0.05, 0.1) is 11.3 Å². The lowest BCUT2D eigenvalue weighted by Gasteiger charge is -1.98. The fourth-order valence-electron chi connectivity index (χ4n) is 1.16. The van der Waals surface area contributed by atoms with Gasteiger partial charge < -0.3 is 5.73 Å². The van der Waals surface area contributed by atoms with Crippen LogP contribution in [0.3, 0.4) is 0 Å². The summed E-state index contributed by atoms with van der Waals surface area (Å²) in [4.78, 5) is 10.8. The zero-order chi connectivity index (χ0) is 10.7. The van der Waals surface area contributed by atoms with Crippen molar-refractivity contribution in [3.05, 3.63) is 17.0 Å². The molecular formula is C7H8F3N3O. The molecule has 0 spiro atoms. The summed E-state index contributed by atoms with van der Waals surface area (Å²) in [7, 11) is 0. The molecule has 0 saturated carbocycles. The number of halogens is 3. The second-order valence-corrected chi connectivity index (χ2v) is 2.52. The van der Waals surface area contributed by atoms with E-state index in [2.05, 4.69) is 5.10 Å². The SMILES string of the molecule is NC(=O)c1c(CF)nn(CF)c1CF. The highest BCUT2D eigenvalue weighted by Crippen LogP contribution is 2.16. The maximum Gasteiger partial charge on any atom is 0.252 e. The molecule has 1 aromatic heterocycles. The topological polar surface area (TPSA) is 60.9 Å². The Morgan fingerprint density at radius 2 is 2.00 bits per heavy atom. The van der Waals surface area contributed by atoms with Gasteiger partial charge in [-0.1, -0.05) is 0 Å². The summed E-state index contributed by atoms with van der Waals surface area (Å²) in [6, 6.07) is 0. The van der Waals surface area contributed by atoms with Gasteiger partial charge in [0, 0.05) is 0 Å². The van der Waals surface area contributed by atoms with E-state index in [0.29, 0.717) is 4.68 Å². The van der Waals surface area contributed by atoms with Crippen molar-refractivity contribution in [1.82, 2.24) is 9.78 Å². The predicted molar refractivity (Wildman–Crippen MR) is 41.5 cm³/mol. The molecule has 0 aliphatic carbocycles. The summed E-state index contributed by atoms with van der Waals surface area (Å²) in [5, 5.41) is 3.37. The first kappa shape index (κ1) is 10.6. The van der Waals surface area contributed by atoms with Gasteiger partial charge in [0.25, 0.3) is 5.91 Å². The molecule has 0 unspecified atom stereocenters. The number of carbonyl (C=O) groups is 1. The van der Waals surface area contributed by atoms with Gasteiger partial charge in [0.2, 0.25) is 0 Å². The molecule has 4 nitrogen and oxygen atoms in total. The Balaban J connectivity index is 3.33. The number of carbonyl (C=O) groups excluding carboxylic acids is 1. The fourth-order valence-corrected chi connectivity index (χ4v) is 1.16. The summed E-state index contributed by atoms with van der Waals surface area (Å²) in [5.41, 5.74) is 3.86. The van der Waals surface area contributed by atoms with E-state index in [9.17, 15) is 18.0 Å². The van der Waals surface area contributed by atoms with Crippen LogP contribution in [-0.4, -0.2) is 15.7 Å². The second kappa shape index (κ2) is 4.12. The van der Waals surface area contributed by atoms with Gasteiger partial charge in [-0.15, -0.1) is 0 Å². The Labute approximate surface area is 77.5 Å². The van der Waals surface area contributed by atoms with Crippen molar-refractivity contribution < 1.29 is 18.0 Å². The van der Waals surface area contributed by atoms with E-state index < -0.39 is 26.1 Å². The summed E-state index contributed by atoms with van der Waals surface area (Å²) < 4.78 is 37.5. The third-order valence-electron chi connectivity index (χ3n) is 1.74. The Kier molecular flexibility index (Phi) is 3.10. The van der Waals surface area contributed by atoms with Crippen molar-refractivity contribution in [3.63, 3.8) is 0 Å². The molecule has 78 valence electrons. The van der Waals surface area contributed by atoms with E-state index in [4.69, 9.17) is 5.73 Å². The molecule has 2 N–H and O–H groups in total. The standard InChI is InChI=1S/C7H8F3N3O/c8-1-4-6(7(11)14)5(2-9)13(3-10)12-4/h1-3H2,(H2,11,14). The molecule has 14 heavy (non-hydrogen) atoms. The van der Waals surface area contributed by atoms with E-state index in [-0.39, 0.29) is 17.0 Å². The van der Waals surface area contributed by atoms with Crippen molar-refractivity contribution >= 4 is 5.91 Å². The number of nitrogens with two attached hydrogens (primary N) is 1. The first-order chi connectivity index (χ1) is 6.65. The van der Waals surface area contributed by atoms with Crippen LogP contribution in [0.25, 0.3) is 0 Å². The maximum atomic E-state index is 12.4. The van der Waals surface area contributed by atoms with Crippen LogP contribution in [-0.2, 0) is 20.1 Å². The predicted octanol–water partition coefficient (Wildman–Crippen LogP) is 0.848. The molecule has 1 heterocycles. The van der Waals surface area contributed by atoms with Gasteiger partial charge in [-0.2, -0.15) is 5.10 Å². The average Bonchev–Trinajstić information content (AvgIpc) is 2.54. The molecule has 1 rings (SSSR count). The van der Waals surface area contributed by atoms with Crippen LogP contribution in [0.15, 0.2) is 0 Å². The first-order valence-electron chi connectivity index (χ1n) is 3.72. The van der Waals surface area contributed by atoms with E-state index in [1.54, 1.807) is 0 Å². The van der Waals surface area contributed by atoms with Crippen molar-refractivity contribution in [2.45, 2.75) is 20.1 Å². The second-order valence-electron chi connectivity index (χ2n) is 2.52. The smallest absolute Gasteiger partial charge is 0.252 e. The lowest BCUT2D eigenvalue weighted by atomic mass is 10.2. The molecule has 7 heteroatoms. The van der Waals surface area contributed by atoms with E-state index in [0.717, 1.165) is 0 Å². The molecule has 0 radical (unpaired) electrons. The molecular weight excluding hydrogens is 199 g/mol. The number of alkyl halides is 3. The third kappa shape index (κ3) is 1.57. The van der Waals surface area contributed by atoms with Crippen LogP contribution in [0.4, 0.5) is 13.2 Å². The largest absolute Gasteiger partial charge is 0.365 e. The van der Waals surface area contributed by atoms with Gasteiger partial charge in [0.15, 0.2) is 6.80 Å². The number of rotatable bonds is 4. The van der Waals surface area contributed by atoms with Gasteiger partial charge >= 0.3 is 0 Å². The van der Waals surface area contributed by atoms with Crippen molar-refractivity contribution in [2.75, 3.05) is 0 Å². The molecule has 0 aliphatic rings. The molecule has 0 fully saturated rings. The number of hydrogen-bond acceptors (Lipinski definition) is 2. The summed E-state index contributed by atoms with van der Waals surface area (Å²) in [5.74, 6) is -1.01. The average molecular weight is 207 g/mol. The van der Waals surface area contributed by atoms with E-state index >= 15 is 0 Å². The Morgan fingerprint density at radius 3 is 2.36 bits per heavy atom. The monoisotopic (exact) mass is 207 g/mol. The van der Waals surface area contributed by atoms with Crippen LogP contribution in [0, 0.1) is 0 Å². The number of aromatic nitrogens is 2. The summed E-state index contributed by atoms with van der Waals surface area (Å²) >= 11 is 0. The Bertz CT molecular complexity index is 350. The van der Waals surface area contributed by atoms with Gasteiger partial charge in [-0.3, -0.25) is 4.79 Å². The highest BCUT2D eigenvalue weighted by Gasteiger charge is 2.21. The van der Waals surface area contributed by atoms with Crippen molar-refractivity contribution in [1.29, 1.82) is 0 Å². The van der Waals surface area contributed by atoms with Gasteiger partial charge in [0.1, 0.15) is 19.0 Å². The van der Waals surface area contributed by atoms with E-state index in [1.807, 2.05) is 0 Å². The maximum absolute atomic E-state index is 12.4. The zero-order valence-corrected chi connectivity index (χ0v) is 7.14. The molecule has 0 atom stereocenters. The molecule has 0 bridgehead atoms. The summed E-state index contributed by atoms with van der Waals surface area (Å²) in [6.45, 7) is -3.33. The van der Waals surface area contributed by atoms with Crippen LogP contribution < -0.4 is 5.73 Å². The third-order valence-corrected chi connectivity index (χ3v) is 1.74. The fraction of sp³-hybridized carbons (Fsp3) is 0.429. The number of amides is 1. The van der Waals surface area contributed by atoms with Crippen molar-refractivity contribution in [2.24, 2.45) is 5.73 Å². The van der Waals surface area contributed by atoms with Crippen molar-refractivity contribution in [3.8, 4) is 0 Å². The zero-order valence-electron chi connectivity index (χ0n) is 7.14. The number of primary amides is 1. The minimum Gasteiger partial charge on any atom is -0.365 e. The van der Waals surface area contributed by atoms with Gasteiger partial charge in [-0.25, -0.2) is 17.9 Å². The molecule has 0 saturated heterocycles. The quantitative estimate of drug-likeness (QED) is 0.795. The first-order valence-corrected chi connectivity index (χ1v) is 3.72. The molecule has 0 aromatic carbocycles. The molecule has 1 amide bonds. The minimum atomic E-state index is -1.13. The lowest BCUT2D eigenvalue weighted by Crippen LogP contribution is -2.15. The number of nitrogens with zero attached hydrogens (tertiary/aromatic N) is 2. The number of hydrogen-bond donors (Lipinski definition) is 1. The Morgan fingerprint density at radius 1 is 1.36 bits per heavy atom. The van der Waals surface area contributed by atoms with Gasteiger partial charge in [-0.05, 0) is 0 Å². The van der Waals surface area contributed by atoms with Crippen LogP contribution in [0.2, 0.25) is 0 Å². The molecule has 1 aromatic rings. The highest BCUT2D eigenvalue weighted by molar-refractivity contribution is 5.95. The van der Waals surface area contributed by atoms with Crippen LogP contribution in [0.1, 0.15) is 21.7 Å². The van der Waals surface area contributed by atoms with Crippen LogP contribution in [0.5, 0.6) is 0 Å². The Hall–Kier alpha value is -1.53. The summed E-state index contributed by atoms with van der Waals surface area (Å²) in [6.07, 6.45) is 0. The lowest BCUT2D eigenvalue weighted by molar-refractivity contribution is 0.0996. The van der Waals surface area contributed by atoms with E-state index in [1.165, 1.54) is 0 Å². The minimum absolute atomic E-state index is 0.326. The van der Waals surface area contributed by atoms with Crippen LogP contribution >= 0.6 is 0 Å². The molecule has 0 aliphatic heterocycles.